The zero-order valence-corrected chi connectivity index (χ0v) is 12.7. The van der Waals surface area contributed by atoms with E-state index in [1.54, 1.807) is 0 Å². The van der Waals surface area contributed by atoms with Gasteiger partial charge in [-0.25, -0.2) is 0 Å². The molecule has 2 aliphatic rings. The van der Waals surface area contributed by atoms with Gasteiger partial charge in [0, 0.05) is 37.4 Å². The van der Waals surface area contributed by atoms with Crippen LogP contribution >= 0.6 is 11.8 Å². The molecule has 110 valence electrons. The van der Waals surface area contributed by atoms with Gasteiger partial charge in [-0.1, -0.05) is 6.92 Å². The Morgan fingerprint density at radius 2 is 2.37 bits per heavy atom. The summed E-state index contributed by atoms with van der Waals surface area (Å²) in [7, 11) is 0. The molecule has 2 saturated heterocycles. The number of carbonyl (C=O) groups excluding carboxylic acids is 1. The van der Waals surface area contributed by atoms with E-state index in [0.717, 1.165) is 44.6 Å². The summed E-state index contributed by atoms with van der Waals surface area (Å²) < 4.78 is 5.69. The van der Waals surface area contributed by atoms with Crippen LogP contribution in [-0.4, -0.2) is 53.7 Å². The summed E-state index contributed by atoms with van der Waals surface area (Å²) in [5.74, 6) is 2.46. The topological polar surface area (TPSA) is 55.6 Å². The third kappa shape index (κ3) is 4.36. The number of thioether (sulfide) groups is 1. The number of rotatable bonds is 6. The van der Waals surface area contributed by atoms with Gasteiger partial charge in [0.1, 0.15) is 0 Å². The minimum Gasteiger partial charge on any atom is -0.376 e. The van der Waals surface area contributed by atoms with Gasteiger partial charge in [0.05, 0.1) is 6.10 Å². The Bertz CT molecular complexity index is 289. The van der Waals surface area contributed by atoms with Gasteiger partial charge in [0.15, 0.2) is 0 Å². The van der Waals surface area contributed by atoms with E-state index in [1.165, 1.54) is 5.75 Å². The highest BCUT2D eigenvalue weighted by molar-refractivity contribution is 7.99. The molecular weight excluding hydrogens is 260 g/mol. The van der Waals surface area contributed by atoms with Crippen LogP contribution in [0.5, 0.6) is 0 Å². The van der Waals surface area contributed by atoms with Crippen molar-refractivity contribution < 1.29 is 9.53 Å². The lowest BCUT2D eigenvalue weighted by atomic mass is 10.1. The number of hydrogen-bond acceptors (Lipinski definition) is 4. The van der Waals surface area contributed by atoms with Gasteiger partial charge in [-0.05, 0) is 31.4 Å². The summed E-state index contributed by atoms with van der Waals surface area (Å²) in [6, 6.07) is 0.388. The molecule has 4 nitrogen and oxygen atoms in total. The fraction of sp³-hybridized carbons (Fsp3) is 0.929. The maximum Gasteiger partial charge on any atom is 0.224 e. The number of nitrogens with two attached hydrogens (primary N) is 1. The number of amides is 1. The first-order chi connectivity index (χ1) is 9.20. The normalized spacial score (nSPS) is 28.5. The van der Waals surface area contributed by atoms with Crippen LogP contribution < -0.4 is 5.73 Å². The zero-order valence-electron chi connectivity index (χ0n) is 11.8. The highest BCUT2D eigenvalue weighted by Gasteiger charge is 2.30. The lowest BCUT2D eigenvalue weighted by Crippen LogP contribution is -2.46. The predicted octanol–water partition coefficient (Wildman–Crippen LogP) is 1.63. The number of hydrogen-bond donors (Lipinski definition) is 1. The molecule has 0 bridgehead atoms. The van der Waals surface area contributed by atoms with Gasteiger partial charge in [0.25, 0.3) is 0 Å². The summed E-state index contributed by atoms with van der Waals surface area (Å²) >= 11 is 1.94. The summed E-state index contributed by atoms with van der Waals surface area (Å²) in [4.78, 5) is 14.5. The van der Waals surface area contributed by atoms with Crippen molar-refractivity contribution in [3.63, 3.8) is 0 Å². The molecule has 0 radical (unpaired) electrons. The van der Waals surface area contributed by atoms with Gasteiger partial charge < -0.3 is 15.4 Å². The molecule has 0 spiro atoms. The largest absolute Gasteiger partial charge is 0.376 e. The Kier molecular flexibility index (Phi) is 5.98. The van der Waals surface area contributed by atoms with Crippen LogP contribution in [0.25, 0.3) is 0 Å². The first kappa shape index (κ1) is 15.1. The van der Waals surface area contributed by atoms with Gasteiger partial charge in [-0.15, -0.1) is 0 Å². The van der Waals surface area contributed by atoms with Crippen molar-refractivity contribution in [2.75, 3.05) is 24.7 Å². The van der Waals surface area contributed by atoms with Crippen molar-refractivity contribution in [3.05, 3.63) is 0 Å². The Morgan fingerprint density at radius 1 is 1.53 bits per heavy atom. The lowest BCUT2D eigenvalue weighted by Gasteiger charge is -2.31. The van der Waals surface area contributed by atoms with Crippen LogP contribution in [0.15, 0.2) is 0 Å². The molecule has 3 unspecified atom stereocenters. The van der Waals surface area contributed by atoms with Gasteiger partial charge in [0.2, 0.25) is 5.91 Å². The van der Waals surface area contributed by atoms with Crippen molar-refractivity contribution in [2.24, 2.45) is 5.73 Å². The summed E-state index contributed by atoms with van der Waals surface area (Å²) in [6.45, 7) is 3.65. The number of carbonyl (C=O) groups is 1. The lowest BCUT2D eigenvalue weighted by molar-refractivity contribution is -0.135. The average molecular weight is 286 g/mol. The van der Waals surface area contributed by atoms with E-state index in [0.29, 0.717) is 12.5 Å². The molecular formula is C14H26N2O2S. The van der Waals surface area contributed by atoms with E-state index in [2.05, 4.69) is 4.90 Å². The van der Waals surface area contributed by atoms with Crippen LogP contribution in [0.2, 0.25) is 0 Å². The van der Waals surface area contributed by atoms with E-state index < -0.39 is 0 Å². The van der Waals surface area contributed by atoms with Crippen LogP contribution in [0.3, 0.4) is 0 Å². The number of nitrogens with zero attached hydrogens (tertiary/aromatic N) is 1. The van der Waals surface area contributed by atoms with Crippen LogP contribution in [0, 0.1) is 0 Å². The molecule has 2 fully saturated rings. The Morgan fingerprint density at radius 3 is 2.95 bits per heavy atom. The van der Waals surface area contributed by atoms with E-state index in [9.17, 15) is 4.79 Å². The Labute approximate surface area is 120 Å². The second-order valence-electron chi connectivity index (χ2n) is 5.57. The fourth-order valence-electron chi connectivity index (χ4n) is 2.72. The Hall–Kier alpha value is -0.260. The fourth-order valence-corrected chi connectivity index (χ4v) is 3.94. The molecule has 0 aromatic rings. The van der Waals surface area contributed by atoms with E-state index >= 15 is 0 Å². The molecule has 2 rings (SSSR count). The molecule has 0 saturated carbocycles. The number of ether oxygens (including phenoxy) is 1. The molecule has 0 aromatic carbocycles. The average Bonchev–Trinajstić information content (AvgIpc) is 3.08. The van der Waals surface area contributed by atoms with Crippen LogP contribution in [-0.2, 0) is 9.53 Å². The first-order valence-electron chi connectivity index (χ1n) is 7.45. The third-order valence-electron chi connectivity index (χ3n) is 4.05. The SMILES string of the molecule is CCC(N)CC(=O)N(CC1CCCO1)C1CCSC1. The molecule has 5 heteroatoms. The summed E-state index contributed by atoms with van der Waals surface area (Å²) in [5.41, 5.74) is 5.93. The Balaban J connectivity index is 1.93. The first-order valence-corrected chi connectivity index (χ1v) is 8.60. The van der Waals surface area contributed by atoms with Gasteiger partial charge in [-0.3, -0.25) is 4.79 Å². The molecule has 19 heavy (non-hydrogen) atoms. The van der Waals surface area contributed by atoms with Crippen molar-refractivity contribution in [1.29, 1.82) is 0 Å². The predicted molar refractivity (Wildman–Crippen MR) is 79.3 cm³/mol. The minimum absolute atomic E-state index is 0.00597. The molecule has 2 N–H and O–H groups in total. The van der Waals surface area contributed by atoms with Crippen molar-refractivity contribution in [2.45, 2.75) is 57.2 Å². The standard InChI is InChI=1S/C14H26N2O2S/c1-2-11(15)8-14(17)16(12-5-7-19-10-12)9-13-4-3-6-18-13/h11-13H,2-10,15H2,1H3. The summed E-state index contributed by atoms with van der Waals surface area (Å²) in [5, 5.41) is 0. The second kappa shape index (κ2) is 7.50. The monoisotopic (exact) mass is 286 g/mol. The van der Waals surface area contributed by atoms with Crippen molar-refractivity contribution >= 4 is 17.7 Å². The highest BCUT2D eigenvalue weighted by atomic mass is 32.2. The third-order valence-corrected chi connectivity index (χ3v) is 5.20. The van der Waals surface area contributed by atoms with Crippen LogP contribution in [0.1, 0.15) is 39.0 Å². The smallest absolute Gasteiger partial charge is 0.224 e. The maximum absolute atomic E-state index is 12.5. The van der Waals surface area contributed by atoms with Gasteiger partial charge in [-0.2, -0.15) is 11.8 Å². The van der Waals surface area contributed by atoms with Crippen molar-refractivity contribution in [1.82, 2.24) is 4.90 Å². The molecule has 3 atom stereocenters. The van der Waals surface area contributed by atoms with Crippen molar-refractivity contribution in [3.8, 4) is 0 Å². The second-order valence-corrected chi connectivity index (χ2v) is 6.72. The highest BCUT2D eigenvalue weighted by Crippen LogP contribution is 2.25. The van der Waals surface area contributed by atoms with E-state index in [-0.39, 0.29) is 18.1 Å². The van der Waals surface area contributed by atoms with E-state index in [1.807, 2.05) is 18.7 Å². The molecule has 0 aliphatic carbocycles. The van der Waals surface area contributed by atoms with E-state index in [4.69, 9.17) is 10.5 Å². The quantitative estimate of drug-likeness (QED) is 0.806. The summed E-state index contributed by atoms with van der Waals surface area (Å²) in [6.07, 6.45) is 4.91. The zero-order chi connectivity index (χ0) is 13.7. The minimum atomic E-state index is -0.00597. The molecule has 0 aromatic heterocycles. The van der Waals surface area contributed by atoms with Gasteiger partial charge >= 0.3 is 0 Å². The molecule has 2 aliphatic heterocycles. The van der Waals surface area contributed by atoms with Crippen LogP contribution in [0.4, 0.5) is 0 Å². The molecule has 1 amide bonds. The maximum atomic E-state index is 12.5. The molecule has 2 heterocycles.